The molecule has 4 heterocycles. The number of halogens is 1. The summed E-state index contributed by atoms with van der Waals surface area (Å²) in [5, 5.41) is 8.04. The van der Waals surface area contributed by atoms with Gasteiger partial charge in [0.25, 0.3) is 5.56 Å². The van der Waals surface area contributed by atoms with Gasteiger partial charge in [0.2, 0.25) is 5.89 Å². The van der Waals surface area contributed by atoms with Crippen LogP contribution < -0.4 is 10.9 Å². The van der Waals surface area contributed by atoms with Crippen LogP contribution in [0.4, 0.5) is 0 Å². The first-order valence-electron chi connectivity index (χ1n) is 8.05. The van der Waals surface area contributed by atoms with Gasteiger partial charge in [0, 0.05) is 12.1 Å². The maximum Gasteiger partial charge on any atom is 0.262 e. The van der Waals surface area contributed by atoms with Crippen molar-refractivity contribution in [3.8, 4) is 0 Å². The monoisotopic (exact) mass is 360 g/mol. The molecule has 0 bridgehead atoms. The minimum Gasteiger partial charge on any atom is -0.337 e. The number of hydrogen-bond acceptors (Lipinski definition) is 7. The van der Waals surface area contributed by atoms with Gasteiger partial charge in [0.1, 0.15) is 6.54 Å². The van der Waals surface area contributed by atoms with Gasteiger partial charge in [-0.3, -0.25) is 14.3 Å². The predicted molar refractivity (Wildman–Crippen MR) is 91.8 cm³/mol. The van der Waals surface area contributed by atoms with Crippen molar-refractivity contribution in [2.24, 2.45) is 11.8 Å². The van der Waals surface area contributed by atoms with Crippen molar-refractivity contribution < 1.29 is 4.52 Å². The Hall–Kier alpha value is -2.32. The summed E-state index contributed by atoms with van der Waals surface area (Å²) >= 11 is 0. The standard InChI is InChI=1S/C16H16N6O2.ClH/c1-8-2-17-5-11-13(8)16(23)22(7-19-11)6-12-20-15(21-24-12)14-9-3-18-4-10(9)14;/h2,5,7,9-10,14,18H,3-4,6H2,1H3;1H. The number of hydrogen-bond donors (Lipinski definition) is 1. The second kappa shape index (κ2) is 5.89. The minimum absolute atomic E-state index is 0. The second-order valence-corrected chi connectivity index (χ2v) is 6.59. The van der Waals surface area contributed by atoms with Gasteiger partial charge in [-0.25, -0.2) is 4.98 Å². The van der Waals surface area contributed by atoms with E-state index in [0.717, 1.165) is 24.5 Å². The normalized spacial score (nSPS) is 24.1. The van der Waals surface area contributed by atoms with Crippen LogP contribution in [0.15, 0.2) is 28.0 Å². The largest absolute Gasteiger partial charge is 0.337 e. The molecule has 9 heteroatoms. The molecular formula is C16H17ClN6O2. The molecule has 1 N–H and O–H groups in total. The first-order valence-corrected chi connectivity index (χ1v) is 8.05. The predicted octanol–water partition coefficient (Wildman–Crippen LogP) is 0.886. The van der Waals surface area contributed by atoms with Crippen molar-refractivity contribution in [3.63, 3.8) is 0 Å². The van der Waals surface area contributed by atoms with Gasteiger partial charge in [-0.05, 0) is 37.4 Å². The number of fused-ring (bicyclic) bond motifs is 2. The molecule has 1 saturated carbocycles. The quantitative estimate of drug-likeness (QED) is 0.740. The van der Waals surface area contributed by atoms with Gasteiger partial charge >= 0.3 is 0 Å². The second-order valence-electron chi connectivity index (χ2n) is 6.59. The number of aromatic nitrogens is 5. The fraction of sp³-hybridized carbons (Fsp3) is 0.438. The van der Waals surface area contributed by atoms with Crippen LogP contribution >= 0.6 is 12.4 Å². The Kier molecular flexibility index (Phi) is 3.81. The molecule has 25 heavy (non-hydrogen) atoms. The third-order valence-electron chi connectivity index (χ3n) is 5.11. The number of nitrogens with zero attached hydrogens (tertiary/aromatic N) is 5. The van der Waals surface area contributed by atoms with Crippen LogP contribution in [-0.4, -0.2) is 37.8 Å². The van der Waals surface area contributed by atoms with E-state index in [2.05, 4.69) is 25.4 Å². The van der Waals surface area contributed by atoms with E-state index < -0.39 is 0 Å². The molecule has 1 saturated heterocycles. The van der Waals surface area contributed by atoms with Crippen molar-refractivity contribution >= 4 is 23.3 Å². The molecule has 2 atom stereocenters. The summed E-state index contributed by atoms with van der Waals surface area (Å²) in [6.45, 7) is 4.14. The van der Waals surface area contributed by atoms with Crippen molar-refractivity contribution in [1.29, 1.82) is 0 Å². The Morgan fingerprint density at radius 3 is 2.92 bits per heavy atom. The maximum atomic E-state index is 12.7. The number of aryl methyl sites for hydroxylation is 1. The van der Waals surface area contributed by atoms with Crippen molar-refractivity contribution in [1.82, 2.24) is 30.0 Å². The van der Waals surface area contributed by atoms with Crippen LogP contribution in [0, 0.1) is 18.8 Å². The molecular weight excluding hydrogens is 344 g/mol. The van der Waals surface area contributed by atoms with Crippen molar-refractivity contribution in [2.75, 3.05) is 13.1 Å². The zero-order valence-corrected chi connectivity index (χ0v) is 14.4. The lowest BCUT2D eigenvalue weighted by atomic mass is 10.2. The smallest absolute Gasteiger partial charge is 0.262 e. The van der Waals surface area contributed by atoms with E-state index in [1.54, 1.807) is 12.4 Å². The minimum atomic E-state index is -0.118. The van der Waals surface area contributed by atoms with Gasteiger partial charge in [-0.15, -0.1) is 12.4 Å². The summed E-state index contributed by atoms with van der Waals surface area (Å²) in [5.41, 5.74) is 1.29. The molecule has 130 valence electrons. The summed E-state index contributed by atoms with van der Waals surface area (Å²) in [5.74, 6) is 2.89. The molecule has 3 aromatic heterocycles. The van der Waals surface area contributed by atoms with Gasteiger partial charge < -0.3 is 9.84 Å². The van der Waals surface area contributed by atoms with Crippen LogP contribution in [0.1, 0.15) is 23.2 Å². The zero-order chi connectivity index (χ0) is 16.3. The van der Waals surface area contributed by atoms with Crippen LogP contribution in [-0.2, 0) is 6.54 Å². The van der Waals surface area contributed by atoms with E-state index in [4.69, 9.17) is 4.52 Å². The van der Waals surface area contributed by atoms with E-state index in [0.29, 0.717) is 34.5 Å². The third kappa shape index (κ3) is 2.52. The van der Waals surface area contributed by atoms with Crippen LogP contribution in [0.3, 0.4) is 0 Å². The SMILES string of the molecule is Cc1cncc2ncn(Cc3nc(C4C5CNCC54)no3)c(=O)c12.Cl. The summed E-state index contributed by atoms with van der Waals surface area (Å²) < 4.78 is 6.85. The molecule has 0 spiro atoms. The Bertz CT molecular complexity index is 990. The Morgan fingerprint density at radius 1 is 1.32 bits per heavy atom. The van der Waals surface area contributed by atoms with Crippen LogP contribution in [0.2, 0.25) is 0 Å². The van der Waals surface area contributed by atoms with Gasteiger partial charge in [-0.1, -0.05) is 5.16 Å². The van der Waals surface area contributed by atoms with Crippen molar-refractivity contribution in [3.05, 3.63) is 46.4 Å². The molecule has 2 aliphatic rings. The number of nitrogens with one attached hydrogen (secondary N) is 1. The van der Waals surface area contributed by atoms with E-state index in [9.17, 15) is 4.79 Å². The first-order chi connectivity index (χ1) is 11.7. The molecule has 3 aromatic rings. The number of pyridine rings is 1. The topological polar surface area (TPSA) is 98.7 Å². The summed E-state index contributed by atoms with van der Waals surface area (Å²) in [6, 6.07) is 0. The van der Waals surface area contributed by atoms with Gasteiger partial charge in [0.05, 0.1) is 23.4 Å². The number of piperidine rings is 1. The lowest BCUT2D eigenvalue weighted by Crippen LogP contribution is -2.22. The van der Waals surface area contributed by atoms with Gasteiger partial charge in [0.15, 0.2) is 5.82 Å². The summed E-state index contributed by atoms with van der Waals surface area (Å²) in [7, 11) is 0. The lowest BCUT2D eigenvalue weighted by Gasteiger charge is -2.05. The Labute approximate surface area is 149 Å². The summed E-state index contributed by atoms with van der Waals surface area (Å²) in [6.07, 6.45) is 4.77. The summed E-state index contributed by atoms with van der Waals surface area (Å²) in [4.78, 5) is 25.5. The van der Waals surface area contributed by atoms with E-state index in [1.807, 2.05) is 6.92 Å². The Balaban J connectivity index is 0.00000157. The van der Waals surface area contributed by atoms with Crippen LogP contribution in [0.5, 0.6) is 0 Å². The molecule has 5 rings (SSSR count). The molecule has 0 amide bonds. The molecule has 2 fully saturated rings. The van der Waals surface area contributed by atoms with E-state index in [-0.39, 0.29) is 24.5 Å². The molecule has 2 unspecified atom stereocenters. The fourth-order valence-electron chi connectivity index (χ4n) is 3.78. The molecule has 1 aliphatic carbocycles. The average molecular weight is 361 g/mol. The first kappa shape index (κ1) is 16.2. The fourth-order valence-corrected chi connectivity index (χ4v) is 3.78. The lowest BCUT2D eigenvalue weighted by molar-refractivity contribution is 0.363. The van der Waals surface area contributed by atoms with E-state index >= 15 is 0 Å². The molecule has 0 radical (unpaired) electrons. The third-order valence-corrected chi connectivity index (χ3v) is 5.11. The highest BCUT2D eigenvalue weighted by atomic mass is 35.5. The highest BCUT2D eigenvalue weighted by Crippen LogP contribution is 2.54. The van der Waals surface area contributed by atoms with Crippen LogP contribution in [0.25, 0.3) is 10.9 Å². The number of rotatable bonds is 3. The van der Waals surface area contributed by atoms with Crippen molar-refractivity contribution in [2.45, 2.75) is 19.4 Å². The molecule has 0 aromatic carbocycles. The highest BCUT2D eigenvalue weighted by Gasteiger charge is 2.55. The maximum absolute atomic E-state index is 12.7. The Morgan fingerprint density at radius 2 is 2.12 bits per heavy atom. The van der Waals surface area contributed by atoms with E-state index in [1.165, 1.54) is 10.9 Å². The molecule has 8 nitrogen and oxygen atoms in total. The highest BCUT2D eigenvalue weighted by molar-refractivity contribution is 5.85. The zero-order valence-electron chi connectivity index (χ0n) is 13.5. The average Bonchev–Trinajstić information content (AvgIpc) is 2.95. The molecule has 1 aliphatic heterocycles. The van der Waals surface area contributed by atoms with Gasteiger partial charge in [-0.2, -0.15) is 4.98 Å².